The molecule has 0 rings (SSSR count). The summed E-state index contributed by atoms with van der Waals surface area (Å²) in [6, 6.07) is 0. The largest absolute Gasteiger partial charge is 0.316 e. The summed E-state index contributed by atoms with van der Waals surface area (Å²) >= 11 is 0. The van der Waals surface area contributed by atoms with Gasteiger partial charge in [-0.3, -0.25) is 0 Å². The highest BCUT2D eigenvalue weighted by atomic mass is 14.9. The van der Waals surface area contributed by atoms with E-state index in [0.717, 1.165) is 0 Å². The second kappa shape index (κ2) is 12.4. The fraction of sp³-hybridized carbons (Fsp3) is 1.00. The van der Waals surface area contributed by atoms with Crippen molar-refractivity contribution in [3.8, 4) is 0 Å². The molecule has 0 spiro atoms. The molecule has 4 N–H and O–H groups in total. The smallest absolute Gasteiger partial charge is 0.0549 e. The summed E-state index contributed by atoms with van der Waals surface area (Å²) in [4.78, 5) is 0. The monoisotopic (exact) mass is 242 g/mol. The van der Waals surface area contributed by atoms with Gasteiger partial charge in [-0.05, 0) is 18.8 Å². The third-order valence-corrected chi connectivity index (χ3v) is 3.65. The van der Waals surface area contributed by atoms with Crippen LogP contribution in [0.15, 0.2) is 0 Å². The van der Waals surface area contributed by atoms with E-state index < -0.39 is 0 Å². The van der Waals surface area contributed by atoms with Crippen molar-refractivity contribution in [1.82, 2.24) is 0 Å². The summed E-state index contributed by atoms with van der Waals surface area (Å²) in [5, 5.41) is 0. The SMILES string of the molecule is CCCCCCCC(CCCCCC)C(N)N. The normalized spacial score (nSPS) is 13.2. The number of rotatable bonds is 12. The van der Waals surface area contributed by atoms with Crippen LogP contribution in [0.4, 0.5) is 0 Å². The van der Waals surface area contributed by atoms with Gasteiger partial charge in [-0.1, -0.05) is 71.6 Å². The molecule has 0 saturated carbocycles. The molecule has 17 heavy (non-hydrogen) atoms. The Labute approximate surface area is 109 Å². The molecule has 2 nitrogen and oxygen atoms in total. The van der Waals surface area contributed by atoms with E-state index in [9.17, 15) is 0 Å². The van der Waals surface area contributed by atoms with Gasteiger partial charge < -0.3 is 11.5 Å². The molecule has 0 amide bonds. The van der Waals surface area contributed by atoms with Crippen molar-refractivity contribution in [2.24, 2.45) is 17.4 Å². The van der Waals surface area contributed by atoms with Crippen molar-refractivity contribution in [3.63, 3.8) is 0 Å². The van der Waals surface area contributed by atoms with E-state index in [1.807, 2.05) is 0 Å². The zero-order valence-corrected chi connectivity index (χ0v) is 12.1. The van der Waals surface area contributed by atoms with Crippen molar-refractivity contribution >= 4 is 0 Å². The van der Waals surface area contributed by atoms with Gasteiger partial charge in [-0.15, -0.1) is 0 Å². The summed E-state index contributed by atoms with van der Waals surface area (Å²) in [6.45, 7) is 4.51. The molecule has 1 atom stereocenters. The molecular formula is C15H34N2. The first-order valence-corrected chi connectivity index (χ1v) is 7.73. The van der Waals surface area contributed by atoms with Gasteiger partial charge in [0.25, 0.3) is 0 Å². The van der Waals surface area contributed by atoms with E-state index in [-0.39, 0.29) is 6.17 Å². The number of hydrogen-bond acceptors (Lipinski definition) is 2. The molecule has 0 aromatic rings. The highest BCUT2D eigenvalue weighted by molar-refractivity contribution is 4.68. The number of unbranched alkanes of at least 4 members (excludes halogenated alkanes) is 7. The Kier molecular flexibility index (Phi) is 12.3. The minimum Gasteiger partial charge on any atom is -0.316 e. The zero-order chi connectivity index (χ0) is 12.9. The quantitative estimate of drug-likeness (QED) is 0.398. The maximum Gasteiger partial charge on any atom is 0.0549 e. The van der Waals surface area contributed by atoms with Crippen LogP contribution < -0.4 is 11.5 Å². The van der Waals surface area contributed by atoms with E-state index in [1.165, 1.54) is 70.6 Å². The predicted octanol–water partition coefficient (Wildman–Crippen LogP) is 4.18. The Balaban J connectivity index is 3.53. The first-order valence-electron chi connectivity index (χ1n) is 7.73. The molecule has 0 radical (unpaired) electrons. The van der Waals surface area contributed by atoms with E-state index in [4.69, 9.17) is 11.5 Å². The van der Waals surface area contributed by atoms with Gasteiger partial charge in [-0.25, -0.2) is 0 Å². The molecule has 0 aliphatic rings. The summed E-state index contributed by atoms with van der Waals surface area (Å²) in [6.07, 6.45) is 14.4. The topological polar surface area (TPSA) is 52.0 Å². The molecule has 104 valence electrons. The van der Waals surface area contributed by atoms with Gasteiger partial charge in [0.05, 0.1) is 6.17 Å². The van der Waals surface area contributed by atoms with E-state index in [2.05, 4.69) is 13.8 Å². The molecule has 2 heteroatoms. The van der Waals surface area contributed by atoms with Gasteiger partial charge in [-0.2, -0.15) is 0 Å². The van der Waals surface area contributed by atoms with Crippen molar-refractivity contribution in [2.75, 3.05) is 0 Å². The molecule has 0 aromatic carbocycles. The zero-order valence-electron chi connectivity index (χ0n) is 12.1. The van der Waals surface area contributed by atoms with Crippen molar-refractivity contribution in [1.29, 1.82) is 0 Å². The van der Waals surface area contributed by atoms with Crippen molar-refractivity contribution in [3.05, 3.63) is 0 Å². The van der Waals surface area contributed by atoms with Gasteiger partial charge in [0.2, 0.25) is 0 Å². The molecule has 0 aromatic heterocycles. The lowest BCUT2D eigenvalue weighted by Crippen LogP contribution is -2.38. The van der Waals surface area contributed by atoms with Crippen LogP contribution in [-0.2, 0) is 0 Å². The third kappa shape index (κ3) is 10.8. The fourth-order valence-corrected chi connectivity index (χ4v) is 2.37. The number of nitrogens with two attached hydrogens (primary N) is 2. The summed E-state index contributed by atoms with van der Waals surface area (Å²) in [7, 11) is 0. The Hall–Kier alpha value is -0.0800. The van der Waals surface area contributed by atoms with Crippen molar-refractivity contribution in [2.45, 2.75) is 90.6 Å². The first-order chi connectivity index (χ1) is 8.22. The predicted molar refractivity (Wildman–Crippen MR) is 77.8 cm³/mol. The third-order valence-electron chi connectivity index (χ3n) is 3.65. The lowest BCUT2D eigenvalue weighted by atomic mass is 9.92. The van der Waals surface area contributed by atoms with Gasteiger partial charge in [0, 0.05) is 0 Å². The Bertz CT molecular complexity index is 146. The second-order valence-corrected chi connectivity index (χ2v) is 5.39. The first kappa shape index (κ1) is 16.9. The van der Waals surface area contributed by atoms with Crippen LogP contribution in [0.1, 0.15) is 84.5 Å². The van der Waals surface area contributed by atoms with Crippen LogP contribution in [0.5, 0.6) is 0 Å². The molecule has 0 fully saturated rings. The lowest BCUT2D eigenvalue weighted by Gasteiger charge is -2.20. The molecule has 0 aliphatic heterocycles. The van der Waals surface area contributed by atoms with Crippen LogP contribution in [0.3, 0.4) is 0 Å². The van der Waals surface area contributed by atoms with Gasteiger partial charge in [0.15, 0.2) is 0 Å². The minimum absolute atomic E-state index is 0.109. The molecule has 0 heterocycles. The van der Waals surface area contributed by atoms with Crippen molar-refractivity contribution < 1.29 is 0 Å². The maximum atomic E-state index is 5.87. The fourth-order valence-electron chi connectivity index (χ4n) is 2.37. The van der Waals surface area contributed by atoms with Crippen LogP contribution in [-0.4, -0.2) is 6.17 Å². The molecule has 0 aliphatic carbocycles. The second-order valence-electron chi connectivity index (χ2n) is 5.39. The van der Waals surface area contributed by atoms with Crippen LogP contribution in [0.2, 0.25) is 0 Å². The Morgan fingerprint density at radius 2 is 1.06 bits per heavy atom. The molecular weight excluding hydrogens is 208 g/mol. The van der Waals surface area contributed by atoms with Crippen LogP contribution in [0.25, 0.3) is 0 Å². The van der Waals surface area contributed by atoms with Crippen LogP contribution >= 0.6 is 0 Å². The lowest BCUT2D eigenvalue weighted by molar-refractivity contribution is 0.346. The molecule has 0 bridgehead atoms. The van der Waals surface area contributed by atoms with E-state index >= 15 is 0 Å². The standard InChI is InChI=1S/C15H34N2/c1-3-5-7-9-11-13-14(15(16)17)12-10-8-6-4-2/h14-15H,3-13,16-17H2,1-2H3. The highest BCUT2D eigenvalue weighted by Gasteiger charge is 2.13. The Morgan fingerprint density at radius 1 is 0.647 bits per heavy atom. The summed E-state index contributed by atoms with van der Waals surface area (Å²) < 4.78 is 0. The molecule has 0 saturated heterocycles. The number of hydrogen-bond donors (Lipinski definition) is 2. The maximum absolute atomic E-state index is 5.87. The van der Waals surface area contributed by atoms with E-state index in [0.29, 0.717) is 5.92 Å². The average Bonchev–Trinajstić information content (AvgIpc) is 2.31. The minimum atomic E-state index is -0.109. The van der Waals surface area contributed by atoms with Crippen LogP contribution in [0, 0.1) is 5.92 Å². The van der Waals surface area contributed by atoms with Gasteiger partial charge in [0.1, 0.15) is 0 Å². The summed E-state index contributed by atoms with van der Waals surface area (Å²) in [5.74, 6) is 0.550. The van der Waals surface area contributed by atoms with E-state index in [1.54, 1.807) is 0 Å². The Morgan fingerprint density at radius 3 is 1.47 bits per heavy atom. The highest BCUT2D eigenvalue weighted by Crippen LogP contribution is 2.19. The molecule has 1 unspecified atom stereocenters. The average molecular weight is 242 g/mol. The summed E-state index contributed by atoms with van der Waals surface area (Å²) in [5.41, 5.74) is 11.7. The van der Waals surface area contributed by atoms with Gasteiger partial charge >= 0.3 is 0 Å².